The highest BCUT2D eigenvalue weighted by atomic mass is 19.1. The van der Waals surface area contributed by atoms with Crippen LogP contribution in [0.3, 0.4) is 0 Å². The molecule has 0 saturated carbocycles. The van der Waals surface area contributed by atoms with E-state index in [9.17, 15) is 9.18 Å². The standard InChI is InChI=1S/C10H11FO2/c1-7(5-10(12)13)8-3-2-4-9(11)6-8/h2-4,6-7H,5H2,1H3,(H,12,13). The second kappa shape index (κ2) is 4.03. The summed E-state index contributed by atoms with van der Waals surface area (Å²) in [6, 6.07) is 6.03. The van der Waals surface area contributed by atoms with Crippen LogP contribution >= 0.6 is 0 Å². The second-order valence-electron chi connectivity index (χ2n) is 3.05. The Bertz CT molecular complexity index is 310. The Balaban J connectivity index is 2.76. The first-order valence-corrected chi connectivity index (χ1v) is 4.07. The number of hydrogen-bond donors (Lipinski definition) is 1. The van der Waals surface area contributed by atoms with Crippen LogP contribution in [0.15, 0.2) is 24.3 Å². The van der Waals surface area contributed by atoms with Crippen LogP contribution in [0.2, 0.25) is 0 Å². The molecule has 0 radical (unpaired) electrons. The van der Waals surface area contributed by atoms with Gasteiger partial charge in [0.25, 0.3) is 0 Å². The summed E-state index contributed by atoms with van der Waals surface area (Å²) >= 11 is 0. The molecule has 0 spiro atoms. The van der Waals surface area contributed by atoms with Crippen LogP contribution in [-0.4, -0.2) is 11.1 Å². The zero-order chi connectivity index (χ0) is 9.84. The van der Waals surface area contributed by atoms with E-state index in [1.165, 1.54) is 12.1 Å². The molecule has 1 aromatic carbocycles. The average Bonchev–Trinajstić information content (AvgIpc) is 2.03. The van der Waals surface area contributed by atoms with Crippen molar-refractivity contribution in [2.45, 2.75) is 19.3 Å². The molecule has 0 amide bonds. The van der Waals surface area contributed by atoms with Gasteiger partial charge in [-0.25, -0.2) is 4.39 Å². The molecule has 70 valence electrons. The quantitative estimate of drug-likeness (QED) is 0.779. The van der Waals surface area contributed by atoms with E-state index in [1.807, 2.05) is 0 Å². The van der Waals surface area contributed by atoms with E-state index in [4.69, 9.17) is 5.11 Å². The van der Waals surface area contributed by atoms with E-state index in [-0.39, 0.29) is 18.2 Å². The summed E-state index contributed by atoms with van der Waals surface area (Å²) in [7, 11) is 0. The predicted molar refractivity (Wildman–Crippen MR) is 47.1 cm³/mol. The Labute approximate surface area is 76.0 Å². The minimum atomic E-state index is -0.864. The monoisotopic (exact) mass is 182 g/mol. The number of carboxylic acid groups (broad SMARTS) is 1. The van der Waals surface area contributed by atoms with Crippen LogP contribution in [0.5, 0.6) is 0 Å². The molecule has 0 fully saturated rings. The van der Waals surface area contributed by atoms with Gasteiger partial charge in [-0.3, -0.25) is 4.79 Å². The van der Waals surface area contributed by atoms with Crippen molar-refractivity contribution in [2.24, 2.45) is 0 Å². The molecule has 0 aromatic heterocycles. The topological polar surface area (TPSA) is 37.3 Å². The lowest BCUT2D eigenvalue weighted by atomic mass is 9.98. The highest BCUT2D eigenvalue weighted by Gasteiger charge is 2.09. The minimum Gasteiger partial charge on any atom is -0.481 e. The van der Waals surface area contributed by atoms with Crippen molar-refractivity contribution in [1.29, 1.82) is 0 Å². The van der Waals surface area contributed by atoms with Crippen molar-refractivity contribution in [3.63, 3.8) is 0 Å². The predicted octanol–water partition coefficient (Wildman–Crippen LogP) is 2.40. The molecule has 0 aliphatic rings. The second-order valence-corrected chi connectivity index (χ2v) is 3.05. The Hall–Kier alpha value is -1.38. The molecule has 0 saturated heterocycles. The number of carboxylic acids is 1. The fraction of sp³-hybridized carbons (Fsp3) is 0.300. The van der Waals surface area contributed by atoms with Crippen molar-refractivity contribution in [3.05, 3.63) is 35.6 Å². The smallest absolute Gasteiger partial charge is 0.303 e. The summed E-state index contributed by atoms with van der Waals surface area (Å²) in [5.41, 5.74) is 0.724. The van der Waals surface area contributed by atoms with Gasteiger partial charge in [-0.2, -0.15) is 0 Å². The summed E-state index contributed by atoms with van der Waals surface area (Å²) < 4.78 is 12.7. The molecule has 0 heterocycles. The maximum Gasteiger partial charge on any atom is 0.303 e. The van der Waals surface area contributed by atoms with Gasteiger partial charge in [-0.15, -0.1) is 0 Å². The third-order valence-electron chi connectivity index (χ3n) is 1.90. The molecule has 1 unspecified atom stereocenters. The SMILES string of the molecule is CC(CC(=O)O)c1cccc(F)c1. The highest BCUT2D eigenvalue weighted by Crippen LogP contribution is 2.19. The van der Waals surface area contributed by atoms with Crippen LogP contribution in [0.25, 0.3) is 0 Å². The number of carbonyl (C=O) groups is 1. The fourth-order valence-corrected chi connectivity index (χ4v) is 1.19. The van der Waals surface area contributed by atoms with E-state index < -0.39 is 5.97 Å². The van der Waals surface area contributed by atoms with Gasteiger partial charge in [0, 0.05) is 0 Å². The fourth-order valence-electron chi connectivity index (χ4n) is 1.19. The third kappa shape index (κ3) is 2.86. The van der Waals surface area contributed by atoms with Gasteiger partial charge in [-0.05, 0) is 23.6 Å². The number of benzene rings is 1. The molecule has 1 aromatic rings. The lowest BCUT2D eigenvalue weighted by Crippen LogP contribution is -2.02. The van der Waals surface area contributed by atoms with Gasteiger partial charge >= 0.3 is 5.97 Å². The van der Waals surface area contributed by atoms with E-state index in [2.05, 4.69) is 0 Å². The van der Waals surface area contributed by atoms with Gasteiger partial charge < -0.3 is 5.11 Å². The van der Waals surface area contributed by atoms with Crippen LogP contribution in [-0.2, 0) is 4.79 Å². The molecule has 0 aliphatic carbocycles. The maximum absolute atomic E-state index is 12.7. The van der Waals surface area contributed by atoms with Crippen molar-refractivity contribution < 1.29 is 14.3 Å². The molecular formula is C10H11FO2. The van der Waals surface area contributed by atoms with Crippen molar-refractivity contribution in [3.8, 4) is 0 Å². The zero-order valence-electron chi connectivity index (χ0n) is 7.33. The van der Waals surface area contributed by atoms with Gasteiger partial charge in [-0.1, -0.05) is 19.1 Å². The van der Waals surface area contributed by atoms with Crippen molar-refractivity contribution in [1.82, 2.24) is 0 Å². The van der Waals surface area contributed by atoms with Crippen molar-refractivity contribution >= 4 is 5.97 Å². The van der Waals surface area contributed by atoms with Crippen molar-refractivity contribution in [2.75, 3.05) is 0 Å². The molecule has 13 heavy (non-hydrogen) atoms. The molecule has 0 bridgehead atoms. The van der Waals surface area contributed by atoms with Gasteiger partial charge in [0.1, 0.15) is 5.82 Å². The van der Waals surface area contributed by atoms with Crippen LogP contribution in [0, 0.1) is 5.82 Å². The number of aliphatic carboxylic acids is 1. The third-order valence-corrected chi connectivity index (χ3v) is 1.90. The summed E-state index contributed by atoms with van der Waals surface area (Å²) in [6.07, 6.45) is 0.0312. The first-order chi connectivity index (χ1) is 6.09. The lowest BCUT2D eigenvalue weighted by Gasteiger charge is -2.08. The Morgan fingerprint density at radius 2 is 2.31 bits per heavy atom. The average molecular weight is 182 g/mol. The number of halogens is 1. The summed E-state index contributed by atoms with van der Waals surface area (Å²) in [5, 5.41) is 8.52. The summed E-state index contributed by atoms with van der Waals surface area (Å²) in [6.45, 7) is 1.77. The number of hydrogen-bond acceptors (Lipinski definition) is 1. The summed E-state index contributed by atoms with van der Waals surface area (Å²) in [5.74, 6) is -1.33. The van der Waals surface area contributed by atoms with Gasteiger partial charge in [0.2, 0.25) is 0 Å². The van der Waals surface area contributed by atoms with Crippen LogP contribution in [0.4, 0.5) is 4.39 Å². The minimum absolute atomic E-state index is 0.0312. The number of rotatable bonds is 3. The van der Waals surface area contributed by atoms with E-state index in [0.29, 0.717) is 0 Å². The maximum atomic E-state index is 12.7. The molecule has 3 heteroatoms. The Morgan fingerprint density at radius 3 is 2.85 bits per heavy atom. The zero-order valence-corrected chi connectivity index (χ0v) is 7.33. The molecule has 1 atom stereocenters. The van der Waals surface area contributed by atoms with Gasteiger partial charge in [0.05, 0.1) is 6.42 Å². The first-order valence-electron chi connectivity index (χ1n) is 4.07. The van der Waals surface area contributed by atoms with E-state index in [0.717, 1.165) is 5.56 Å². The van der Waals surface area contributed by atoms with E-state index >= 15 is 0 Å². The van der Waals surface area contributed by atoms with Crippen LogP contribution < -0.4 is 0 Å². The normalized spacial score (nSPS) is 12.5. The summed E-state index contributed by atoms with van der Waals surface area (Å²) in [4.78, 5) is 10.4. The highest BCUT2D eigenvalue weighted by molar-refractivity contribution is 5.67. The van der Waals surface area contributed by atoms with E-state index in [1.54, 1.807) is 19.1 Å². The van der Waals surface area contributed by atoms with Gasteiger partial charge in [0.15, 0.2) is 0 Å². The Morgan fingerprint density at radius 1 is 1.62 bits per heavy atom. The molecule has 0 aliphatic heterocycles. The largest absolute Gasteiger partial charge is 0.481 e. The Kier molecular flexibility index (Phi) is 3.01. The van der Waals surface area contributed by atoms with Crippen LogP contribution in [0.1, 0.15) is 24.8 Å². The molecule has 1 N–H and O–H groups in total. The lowest BCUT2D eigenvalue weighted by molar-refractivity contribution is -0.137. The first kappa shape index (κ1) is 9.71. The molecular weight excluding hydrogens is 171 g/mol. The molecule has 1 rings (SSSR count). The molecule has 2 nitrogen and oxygen atoms in total.